The van der Waals surface area contributed by atoms with Crippen LogP contribution in [0.5, 0.6) is 0 Å². The molecule has 34 heavy (non-hydrogen) atoms. The summed E-state index contributed by atoms with van der Waals surface area (Å²) in [5, 5.41) is 2.29. The minimum absolute atomic E-state index is 0.282. The quantitative estimate of drug-likeness (QED) is 0.312. The molecule has 2 heterocycles. The molecule has 0 radical (unpaired) electrons. The van der Waals surface area contributed by atoms with Crippen LogP contribution in [0.3, 0.4) is 0 Å². The van der Waals surface area contributed by atoms with Gasteiger partial charge in [0.1, 0.15) is 11.9 Å². The SMILES string of the molecule is Clc1ccc(COC(Cn2ccnc2)c2ccc(Cl)cc2Cl)c(Cl)c1.Nc1[nH]c(=O)ncc1F. The summed E-state index contributed by atoms with van der Waals surface area (Å²) in [4.78, 5) is 19.3. The standard InChI is InChI=1S/C18H14Cl4N2O.C4H4FN3O/c19-13-2-1-12(16(21)7-13)10-25-18(9-24-6-5-23-11-24)15-4-3-14(20)8-17(15)22;5-2-1-7-4(9)8-3(2)6/h1-8,11,18H,9-10H2;1H,(H3,6,7,8,9). The normalized spacial score (nSPS) is 11.6. The number of nitrogens with zero attached hydrogens (tertiary/aromatic N) is 3. The highest BCUT2D eigenvalue weighted by Gasteiger charge is 2.17. The fraction of sp³-hybridized carbons (Fsp3) is 0.136. The molecule has 3 N–H and O–H groups in total. The summed E-state index contributed by atoms with van der Waals surface area (Å²) in [7, 11) is 0. The van der Waals surface area contributed by atoms with Crippen LogP contribution in [0.15, 0.2) is 66.1 Å². The van der Waals surface area contributed by atoms with Gasteiger partial charge in [-0.05, 0) is 29.8 Å². The Hall–Kier alpha value is -2.62. The van der Waals surface area contributed by atoms with Crippen molar-refractivity contribution in [2.24, 2.45) is 0 Å². The van der Waals surface area contributed by atoms with Crippen LogP contribution in [-0.2, 0) is 17.9 Å². The van der Waals surface area contributed by atoms with Crippen molar-refractivity contribution >= 4 is 52.2 Å². The van der Waals surface area contributed by atoms with Crippen LogP contribution in [0.2, 0.25) is 20.1 Å². The number of nitrogens with two attached hydrogens (primary N) is 1. The number of ether oxygens (including phenoxy) is 1. The third kappa shape index (κ3) is 7.44. The summed E-state index contributed by atoms with van der Waals surface area (Å²) < 4.78 is 20.2. The first-order valence-electron chi connectivity index (χ1n) is 9.69. The smallest absolute Gasteiger partial charge is 0.346 e. The second-order valence-electron chi connectivity index (χ2n) is 6.91. The third-order valence-electron chi connectivity index (χ3n) is 4.49. The molecular formula is C22H18Cl4FN5O2. The average Bonchev–Trinajstić information content (AvgIpc) is 3.29. The van der Waals surface area contributed by atoms with E-state index in [1.165, 1.54) is 0 Å². The van der Waals surface area contributed by atoms with E-state index in [1.807, 2.05) is 27.9 Å². The monoisotopic (exact) mass is 543 g/mol. The number of hydrogen-bond donors (Lipinski definition) is 2. The van der Waals surface area contributed by atoms with Gasteiger partial charge in [-0.2, -0.15) is 4.98 Å². The maximum atomic E-state index is 12.1. The molecule has 0 saturated heterocycles. The van der Waals surface area contributed by atoms with Gasteiger partial charge in [0.15, 0.2) is 5.82 Å². The number of rotatable bonds is 6. The molecular weight excluding hydrogens is 527 g/mol. The van der Waals surface area contributed by atoms with E-state index in [9.17, 15) is 9.18 Å². The molecule has 0 aliphatic carbocycles. The molecule has 7 nitrogen and oxygen atoms in total. The molecule has 4 rings (SSSR count). The average molecular weight is 545 g/mol. The maximum absolute atomic E-state index is 12.1. The van der Waals surface area contributed by atoms with Gasteiger partial charge in [-0.15, -0.1) is 0 Å². The number of imidazole rings is 1. The number of nitrogens with one attached hydrogen (secondary N) is 1. The van der Waals surface area contributed by atoms with Gasteiger partial charge in [0.2, 0.25) is 0 Å². The van der Waals surface area contributed by atoms with Crippen LogP contribution in [0.1, 0.15) is 17.2 Å². The minimum atomic E-state index is -0.713. The zero-order valence-corrected chi connectivity index (χ0v) is 20.4. The second-order valence-corrected chi connectivity index (χ2v) is 8.60. The number of benzene rings is 2. The topological polar surface area (TPSA) is 98.8 Å². The number of hydrogen-bond acceptors (Lipinski definition) is 5. The number of nitrogen functional groups attached to an aromatic ring is 1. The van der Waals surface area contributed by atoms with E-state index in [4.69, 9.17) is 56.9 Å². The molecule has 1 atom stereocenters. The zero-order valence-electron chi connectivity index (χ0n) is 17.4. The van der Waals surface area contributed by atoms with Gasteiger partial charge < -0.3 is 15.0 Å². The molecule has 1 unspecified atom stereocenters. The Labute approximate surface area is 214 Å². The Morgan fingerprint density at radius 3 is 2.38 bits per heavy atom. The van der Waals surface area contributed by atoms with Crippen molar-refractivity contribution in [2.45, 2.75) is 19.3 Å². The number of H-pyrrole nitrogens is 1. The van der Waals surface area contributed by atoms with Crippen molar-refractivity contribution in [1.29, 1.82) is 0 Å². The summed E-state index contributed by atoms with van der Waals surface area (Å²) in [5.74, 6) is -0.996. The fourth-order valence-corrected chi connectivity index (χ4v) is 3.80. The number of aromatic nitrogens is 4. The van der Waals surface area contributed by atoms with Crippen LogP contribution in [-0.4, -0.2) is 19.5 Å². The molecule has 0 bridgehead atoms. The highest BCUT2D eigenvalue weighted by Crippen LogP contribution is 2.31. The van der Waals surface area contributed by atoms with Crippen LogP contribution < -0.4 is 11.4 Å². The van der Waals surface area contributed by atoms with Crippen LogP contribution in [0.4, 0.5) is 10.2 Å². The Morgan fingerprint density at radius 1 is 1.09 bits per heavy atom. The largest absolute Gasteiger partial charge is 0.383 e. The molecule has 0 fully saturated rings. The molecule has 4 aromatic rings. The first kappa shape index (κ1) is 26.0. The van der Waals surface area contributed by atoms with Crippen LogP contribution in [0, 0.1) is 5.82 Å². The Kier molecular flexibility index (Phi) is 9.32. The van der Waals surface area contributed by atoms with E-state index < -0.39 is 11.5 Å². The highest BCUT2D eigenvalue weighted by atomic mass is 35.5. The lowest BCUT2D eigenvalue weighted by molar-refractivity contribution is 0.0281. The Bertz CT molecular complexity index is 1300. The Balaban J connectivity index is 0.000000302. The van der Waals surface area contributed by atoms with Gasteiger partial charge in [-0.1, -0.05) is 58.5 Å². The van der Waals surface area contributed by atoms with E-state index in [2.05, 4.69) is 9.97 Å². The molecule has 0 saturated carbocycles. The molecule has 12 heteroatoms. The molecule has 2 aromatic heterocycles. The van der Waals surface area contributed by atoms with E-state index in [1.54, 1.807) is 36.8 Å². The van der Waals surface area contributed by atoms with Crippen molar-refractivity contribution < 1.29 is 9.13 Å². The lowest BCUT2D eigenvalue weighted by atomic mass is 10.1. The Morgan fingerprint density at radius 2 is 1.79 bits per heavy atom. The van der Waals surface area contributed by atoms with Gasteiger partial charge in [0.25, 0.3) is 0 Å². The van der Waals surface area contributed by atoms with Gasteiger partial charge in [0, 0.05) is 38.0 Å². The van der Waals surface area contributed by atoms with Crippen molar-refractivity contribution in [1.82, 2.24) is 19.5 Å². The van der Waals surface area contributed by atoms with Crippen molar-refractivity contribution in [3.05, 3.63) is 109 Å². The summed E-state index contributed by atoms with van der Waals surface area (Å²) in [6.45, 7) is 0.890. The molecule has 178 valence electrons. The van der Waals surface area contributed by atoms with Crippen molar-refractivity contribution in [2.75, 3.05) is 5.73 Å². The van der Waals surface area contributed by atoms with Crippen molar-refractivity contribution in [3.63, 3.8) is 0 Å². The van der Waals surface area contributed by atoms with Gasteiger partial charge in [0.05, 0.1) is 25.7 Å². The first-order chi connectivity index (χ1) is 16.2. The molecule has 0 aliphatic rings. The highest BCUT2D eigenvalue weighted by molar-refractivity contribution is 6.35. The van der Waals surface area contributed by atoms with E-state index in [0.29, 0.717) is 33.2 Å². The fourth-order valence-electron chi connectivity index (χ4n) is 2.81. The molecule has 0 spiro atoms. The van der Waals surface area contributed by atoms with E-state index >= 15 is 0 Å². The second kappa shape index (κ2) is 12.2. The molecule has 0 amide bonds. The molecule has 2 aromatic carbocycles. The number of aromatic amines is 1. The lowest BCUT2D eigenvalue weighted by Crippen LogP contribution is -2.12. The predicted octanol–water partition coefficient (Wildman–Crippen LogP) is 5.95. The first-order valence-corrected chi connectivity index (χ1v) is 11.2. The van der Waals surface area contributed by atoms with Crippen molar-refractivity contribution in [3.8, 4) is 0 Å². The summed E-state index contributed by atoms with van der Waals surface area (Å²) in [5.41, 5.74) is 6.01. The lowest BCUT2D eigenvalue weighted by Gasteiger charge is -2.21. The van der Waals surface area contributed by atoms with E-state index in [-0.39, 0.29) is 11.9 Å². The van der Waals surface area contributed by atoms with E-state index in [0.717, 1.165) is 17.3 Å². The summed E-state index contributed by atoms with van der Waals surface area (Å²) in [6, 6.07) is 10.7. The van der Waals surface area contributed by atoms with Gasteiger partial charge in [-0.25, -0.2) is 14.2 Å². The van der Waals surface area contributed by atoms with Crippen LogP contribution in [0.25, 0.3) is 0 Å². The summed E-state index contributed by atoms with van der Waals surface area (Å²) in [6.07, 6.45) is 5.81. The summed E-state index contributed by atoms with van der Waals surface area (Å²) >= 11 is 24.5. The number of halogens is 5. The molecule has 0 aliphatic heterocycles. The number of anilines is 1. The van der Waals surface area contributed by atoms with Gasteiger partial charge >= 0.3 is 5.69 Å². The zero-order chi connectivity index (χ0) is 24.7. The van der Waals surface area contributed by atoms with Gasteiger partial charge in [-0.3, -0.25) is 4.98 Å². The minimum Gasteiger partial charge on any atom is -0.383 e. The third-order valence-corrected chi connectivity index (χ3v) is 5.64. The predicted molar refractivity (Wildman–Crippen MR) is 132 cm³/mol. The maximum Gasteiger partial charge on any atom is 0.346 e. The van der Waals surface area contributed by atoms with Crippen LogP contribution >= 0.6 is 46.4 Å².